The number of nitrogens with two attached hydrogens (primary N) is 1. The number of anilines is 2. The SMILES string of the molecule is CSc1c(NCCS(C)(=O)=O)sc(C(=O)C2CC2)c1N. The Morgan fingerprint density at radius 1 is 1.50 bits per heavy atom. The molecular weight excluding hydrogens is 316 g/mol. The van der Waals surface area contributed by atoms with E-state index in [9.17, 15) is 13.2 Å². The summed E-state index contributed by atoms with van der Waals surface area (Å²) >= 11 is 2.81. The molecular formula is C12H18N2O3S3. The Labute approximate surface area is 127 Å². The summed E-state index contributed by atoms with van der Waals surface area (Å²) in [5.74, 6) is 0.318. The molecule has 0 bridgehead atoms. The number of ketones is 1. The number of nitrogens with one attached hydrogen (secondary N) is 1. The van der Waals surface area contributed by atoms with Gasteiger partial charge in [-0.1, -0.05) is 0 Å². The molecule has 0 amide bonds. The molecule has 1 aromatic rings. The molecule has 1 aliphatic rings. The Balaban J connectivity index is 2.15. The van der Waals surface area contributed by atoms with Gasteiger partial charge in [-0.25, -0.2) is 8.42 Å². The fourth-order valence-corrected chi connectivity index (χ4v) is 4.36. The van der Waals surface area contributed by atoms with E-state index >= 15 is 0 Å². The molecule has 1 aliphatic carbocycles. The Morgan fingerprint density at radius 3 is 2.65 bits per heavy atom. The van der Waals surface area contributed by atoms with Crippen molar-refractivity contribution in [1.82, 2.24) is 0 Å². The maximum absolute atomic E-state index is 12.1. The van der Waals surface area contributed by atoms with Crippen LogP contribution in [0.3, 0.4) is 0 Å². The van der Waals surface area contributed by atoms with Crippen molar-refractivity contribution in [2.24, 2.45) is 5.92 Å². The van der Waals surface area contributed by atoms with E-state index in [4.69, 9.17) is 5.73 Å². The number of Topliss-reactive ketones (excluding diaryl/α,β-unsaturated/α-hetero) is 1. The molecule has 1 saturated carbocycles. The average molecular weight is 334 g/mol. The number of carbonyl (C=O) groups is 1. The number of sulfone groups is 1. The molecule has 8 heteroatoms. The first-order valence-corrected chi connectivity index (χ1v) is 10.4. The molecule has 1 fully saturated rings. The summed E-state index contributed by atoms with van der Waals surface area (Å²) < 4.78 is 22.3. The average Bonchev–Trinajstić information content (AvgIpc) is 3.13. The molecule has 112 valence electrons. The number of thiophene rings is 1. The molecule has 0 aromatic carbocycles. The van der Waals surface area contributed by atoms with Crippen LogP contribution in [0.15, 0.2) is 4.90 Å². The quantitative estimate of drug-likeness (QED) is 0.586. The van der Waals surface area contributed by atoms with Gasteiger partial charge in [-0.05, 0) is 19.1 Å². The molecule has 0 atom stereocenters. The summed E-state index contributed by atoms with van der Waals surface area (Å²) in [6.45, 7) is 0.323. The number of rotatable bonds is 7. The van der Waals surface area contributed by atoms with Crippen molar-refractivity contribution < 1.29 is 13.2 Å². The molecule has 1 heterocycles. The molecule has 5 nitrogen and oxygen atoms in total. The van der Waals surface area contributed by atoms with Crippen LogP contribution in [0, 0.1) is 5.92 Å². The Kier molecular flexibility index (Phi) is 4.66. The number of thioether (sulfide) groups is 1. The summed E-state index contributed by atoms with van der Waals surface area (Å²) in [7, 11) is -3.00. The van der Waals surface area contributed by atoms with Gasteiger partial charge in [0.25, 0.3) is 0 Å². The fourth-order valence-electron chi connectivity index (χ4n) is 1.81. The lowest BCUT2D eigenvalue weighted by Crippen LogP contribution is -2.13. The summed E-state index contributed by atoms with van der Waals surface area (Å²) in [6.07, 6.45) is 4.99. The smallest absolute Gasteiger partial charge is 0.178 e. The van der Waals surface area contributed by atoms with Gasteiger partial charge in [0, 0.05) is 18.7 Å². The van der Waals surface area contributed by atoms with Crippen LogP contribution in [-0.2, 0) is 9.84 Å². The van der Waals surface area contributed by atoms with Gasteiger partial charge >= 0.3 is 0 Å². The van der Waals surface area contributed by atoms with Crippen LogP contribution < -0.4 is 11.1 Å². The van der Waals surface area contributed by atoms with Crippen molar-refractivity contribution in [3.05, 3.63) is 4.88 Å². The van der Waals surface area contributed by atoms with Gasteiger partial charge in [0.05, 0.1) is 21.2 Å². The zero-order valence-corrected chi connectivity index (χ0v) is 13.9. The number of carbonyl (C=O) groups excluding carboxylic acids is 1. The second-order valence-electron chi connectivity index (χ2n) is 4.90. The maximum atomic E-state index is 12.1. The van der Waals surface area contributed by atoms with Crippen LogP contribution in [-0.4, -0.2) is 39.0 Å². The zero-order valence-electron chi connectivity index (χ0n) is 11.4. The zero-order chi connectivity index (χ0) is 14.9. The van der Waals surface area contributed by atoms with Gasteiger partial charge in [-0.15, -0.1) is 23.1 Å². The van der Waals surface area contributed by atoms with Crippen LogP contribution in [0.5, 0.6) is 0 Å². The Hall–Kier alpha value is -0.730. The summed E-state index contributed by atoms with van der Waals surface area (Å²) in [6, 6.07) is 0. The third-order valence-electron chi connectivity index (χ3n) is 3.03. The molecule has 0 saturated heterocycles. The summed E-state index contributed by atoms with van der Waals surface area (Å²) in [5.41, 5.74) is 6.58. The molecule has 0 unspecified atom stereocenters. The van der Waals surface area contributed by atoms with E-state index in [1.807, 2.05) is 6.26 Å². The molecule has 0 aliphatic heterocycles. The fraction of sp³-hybridized carbons (Fsp3) is 0.583. The highest BCUT2D eigenvalue weighted by Crippen LogP contribution is 2.45. The van der Waals surface area contributed by atoms with E-state index in [1.165, 1.54) is 29.4 Å². The van der Waals surface area contributed by atoms with Crippen LogP contribution in [0.1, 0.15) is 22.5 Å². The van der Waals surface area contributed by atoms with E-state index in [0.717, 1.165) is 22.7 Å². The van der Waals surface area contributed by atoms with E-state index < -0.39 is 9.84 Å². The van der Waals surface area contributed by atoms with Crippen LogP contribution in [0.2, 0.25) is 0 Å². The predicted octanol–water partition coefficient (Wildman–Crippen LogP) is 2.10. The van der Waals surface area contributed by atoms with Gasteiger partial charge in [0.2, 0.25) is 0 Å². The minimum absolute atomic E-state index is 0.0601. The monoisotopic (exact) mass is 334 g/mol. The van der Waals surface area contributed by atoms with Crippen molar-refractivity contribution in [2.75, 3.05) is 35.9 Å². The highest BCUT2D eigenvalue weighted by molar-refractivity contribution is 7.99. The van der Waals surface area contributed by atoms with Gasteiger partial charge < -0.3 is 11.1 Å². The first-order valence-electron chi connectivity index (χ1n) is 6.25. The third-order valence-corrected chi connectivity index (χ3v) is 6.12. The minimum Gasteiger partial charge on any atom is -0.396 e. The molecule has 0 spiro atoms. The van der Waals surface area contributed by atoms with E-state index in [0.29, 0.717) is 17.1 Å². The second-order valence-corrected chi connectivity index (χ2v) is 9.00. The van der Waals surface area contributed by atoms with E-state index in [2.05, 4.69) is 5.32 Å². The summed E-state index contributed by atoms with van der Waals surface area (Å²) in [4.78, 5) is 13.6. The van der Waals surface area contributed by atoms with Crippen molar-refractivity contribution in [3.8, 4) is 0 Å². The largest absolute Gasteiger partial charge is 0.396 e. The standard InChI is InChI=1S/C12H18N2O3S3/c1-18-11-8(13)10(9(15)7-3-4-7)19-12(11)14-5-6-20(2,16)17/h7,14H,3-6,13H2,1-2H3. The van der Waals surface area contributed by atoms with Crippen molar-refractivity contribution in [2.45, 2.75) is 17.7 Å². The van der Waals surface area contributed by atoms with Gasteiger partial charge in [-0.2, -0.15) is 0 Å². The topological polar surface area (TPSA) is 89.3 Å². The molecule has 3 N–H and O–H groups in total. The molecule has 1 aromatic heterocycles. The van der Waals surface area contributed by atoms with Crippen molar-refractivity contribution in [3.63, 3.8) is 0 Å². The predicted molar refractivity (Wildman–Crippen MR) is 85.8 cm³/mol. The van der Waals surface area contributed by atoms with Gasteiger partial charge in [0.15, 0.2) is 5.78 Å². The number of nitrogen functional groups attached to an aromatic ring is 1. The first kappa shape index (κ1) is 15.7. The third kappa shape index (κ3) is 3.67. The normalized spacial score (nSPS) is 15.3. The lowest BCUT2D eigenvalue weighted by atomic mass is 10.2. The van der Waals surface area contributed by atoms with Crippen LogP contribution in [0.25, 0.3) is 0 Å². The van der Waals surface area contributed by atoms with Crippen molar-refractivity contribution >= 4 is 49.4 Å². The Bertz CT molecular complexity index is 618. The van der Waals surface area contributed by atoms with Crippen LogP contribution >= 0.6 is 23.1 Å². The number of hydrogen-bond acceptors (Lipinski definition) is 7. The Morgan fingerprint density at radius 2 is 2.15 bits per heavy atom. The number of hydrogen-bond donors (Lipinski definition) is 2. The lowest BCUT2D eigenvalue weighted by Gasteiger charge is -2.05. The van der Waals surface area contributed by atoms with Crippen LogP contribution in [0.4, 0.5) is 10.7 Å². The first-order chi connectivity index (χ1) is 9.33. The van der Waals surface area contributed by atoms with Crippen molar-refractivity contribution in [1.29, 1.82) is 0 Å². The second kappa shape index (κ2) is 5.95. The molecule has 0 radical (unpaired) electrons. The van der Waals surface area contributed by atoms with E-state index in [1.54, 1.807) is 0 Å². The molecule has 2 rings (SSSR count). The van der Waals surface area contributed by atoms with E-state index in [-0.39, 0.29) is 17.5 Å². The lowest BCUT2D eigenvalue weighted by molar-refractivity contribution is 0.0972. The minimum atomic E-state index is -3.00. The maximum Gasteiger partial charge on any atom is 0.178 e. The van der Waals surface area contributed by atoms with Gasteiger partial charge in [0.1, 0.15) is 14.8 Å². The van der Waals surface area contributed by atoms with Gasteiger partial charge in [-0.3, -0.25) is 4.79 Å². The molecule has 20 heavy (non-hydrogen) atoms. The highest BCUT2D eigenvalue weighted by Gasteiger charge is 2.33. The summed E-state index contributed by atoms with van der Waals surface area (Å²) in [5, 5.41) is 3.88. The highest BCUT2D eigenvalue weighted by atomic mass is 32.2.